The third kappa shape index (κ3) is 2.91. The Labute approximate surface area is 124 Å². The minimum atomic E-state index is -3.34. The third-order valence-electron chi connectivity index (χ3n) is 3.69. The second-order valence-electron chi connectivity index (χ2n) is 5.30. The van der Waals surface area contributed by atoms with Crippen LogP contribution in [0, 0.1) is 0 Å². The largest absolute Gasteiger partial charge is 0.382 e. The molecule has 2 N–H and O–H groups in total. The highest BCUT2D eigenvalue weighted by molar-refractivity contribution is 7.91. The lowest BCUT2D eigenvalue weighted by atomic mass is 10.2. The number of likely N-dealkylation sites (N-methyl/N-ethyl adjacent to an activating group) is 1. The maximum Gasteiger partial charge on any atom is 0.185 e. The predicted molar refractivity (Wildman–Crippen MR) is 83.2 cm³/mol. The normalized spacial score (nSPS) is 21.4. The fraction of sp³-hybridized carbons (Fsp3) is 0.750. The first-order valence-corrected chi connectivity index (χ1v) is 9.22. The van der Waals surface area contributed by atoms with E-state index < -0.39 is 9.84 Å². The molecule has 0 radical (unpaired) electrons. The van der Waals surface area contributed by atoms with Gasteiger partial charge < -0.3 is 15.5 Å². The van der Waals surface area contributed by atoms with Gasteiger partial charge in [0.25, 0.3) is 0 Å². The number of sulfone groups is 1. The summed E-state index contributed by atoms with van der Waals surface area (Å²) in [5.74, 6) is 0.261. The third-order valence-corrected chi connectivity index (χ3v) is 6.71. The second-order valence-corrected chi connectivity index (χ2v) is 8.09. The molecule has 0 spiro atoms. The van der Waals surface area contributed by atoms with Crippen LogP contribution in [-0.2, 0) is 9.84 Å². The molecule has 0 amide bonds. The molecule has 1 aromatic heterocycles. The number of anilines is 2. The number of nitrogen functional groups attached to an aromatic ring is 1. The van der Waals surface area contributed by atoms with E-state index in [1.807, 2.05) is 6.92 Å². The molecule has 20 heavy (non-hydrogen) atoms. The monoisotopic (exact) mass is 318 g/mol. The zero-order valence-electron chi connectivity index (χ0n) is 12.2. The Balaban J connectivity index is 2.35. The van der Waals surface area contributed by atoms with Crippen LogP contribution in [0.1, 0.15) is 20.3 Å². The molecule has 0 aromatic carbocycles. The van der Waals surface area contributed by atoms with Crippen LogP contribution in [0.15, 0.2) is 4.90 Å². The first-order valence-electron chi connectivity index (χ1n) is 6.80. The van der Waals surface area contributed by atoms with Crippen molar-refractivity contribution < 1.29 is 8.42 Å². The van der Waals surface area contributed by atoms with E-state index in [1.165, 1.54) is 11.5 Å². The summed E-state index contributed by atoms with van der Waals surface area (Å²) in [6, 6.07) is 0.383. The standard InChI is InChI=1S/C12H22N4O2S2/c1-4-7-20(17,18)10-11(13)14-19-12(10)16-6-5-15(3)9(2)8-16/h9H,4-8H2,1-3H3,(H2,13,14). The van der Waals surface area contributed by atoms with Gasteiger partial charge >= 0.3 is 0 Å². The smallest absolute Gasteiger partial charge is 0.185 e. The average molecular weight is 318 g/mol. The van der Waals surface area contributed by atoms with E-state index >= 15 is 0 Å². The number of rotatable bonds is 4. The molecular formula is C12H22N4O2S2. The molecular weight excluding hydrogens is 296 g/mol. The molecule has 1 aromatic rings. The summed E-state index contributed by atoms with van der Waals surface area (Å²) in [7, 11) is -1.26. The van der Waals surface area contributed by atoms with Gasteiger partial charge in [-0.2, -0.15) is 4.37 Å². The van der Waals surface area contributed by atoms with Gasteiger partial charge in [-0.25, -0.2) is 8.42 Å². The summed E-state index contributed by atoms with van der Waals surface area (Å²) >= 11 is 1.19. The molecule has 1 atom stereocenters. The first-order chi connectivity index (χ1) is 9.36. The van der Waals surface area contributed by atoms with Crippen molar-refractivity contribution in [3.8, 4) is 0 Å². The molecule has 2 heterocycles. The second kappa shape index (κ2) is 5.87. The highest BCUT2D eigenvalue weighted by atomic mass is 32.2. The van der Waals surface area contributed by atoms with Gasteiger partial charge in [-0.05, 0) is 31.9 Å². The van der Waals surface area contributed by atoms with Crippen molar-refractivity contribution in [1.82, 2.24) is 9.27 Å². The van der Waals surface area contributed by atoms with E-state index in [1.54, 1.807) is 0 Å². The van der Waals surface area contributed by atoms with Gasteiger partial charge in [0.15, 0.2) is 15.7 Å². The summed E-state index contributed by atoms with van der Waals surface area (Å²) in [6.07, 6.45) is 0.580. The summed E-state index contributed by atoms with van der Waals surface area (Å²) in [4.78, 5) is 4.60. The fourth-order valence-electron chi connectivity index (χ4n) is 2.38. The van der Waals surface area contributed by atoms with Crippen molar-refractivity contribution in [3.63, 3.8) is 0 Å². The first kappa shape index (κ1) is 15.5. The quantitative estimate of drug-likeness (QED) is 0.894. The molecule has 8 heteroatoms. The number of nitrogens with zero attached hydrogens (tertiary/aromatic N) is 3. The van der Waals surface area contributed by atoms with Crippen LogP contribution >= 0.6 is 11.5 Å². The Morgan fingerprint density at radius 3 is 2.75 bits per heavy atom. The summed E-state index contributed by atoms with van der Waals surface area (Å²) in [5, 5.41) is 0.705. The highest BCUT2D eigenvalue weighted by Gasteiger charge is 2.30. The summed E-state index contributed by atoms with van der Waals surface area (Å²) in [5.41, 5.74) is 5.81. The lowest BCUT2D eigenvalue weighted by molar-refractivity contribution is 0.234. The van der Waals surface area contributed by atoms with Crippen molar-refractivity contribution in [3.05, 3.63) is 0 Å². The van der Waals surface area contributed by atoms with Crippen LogP contribution in [0.5, 0.6) is 0 Å². The van der Waals surface area contributed by atoms with Gasteiger partial charge in [-0.3, -0.25) is 0 Å². The molecule has 6 nitrogen and oxygen atoms in total. The number of hydrogen-bond acceptors (Lipinski definition) is 7. The summed E-state index contributed by atoms with van der Waals surface area (Å²) < 4.78 is 28.8. The van der Waals surface area contributed by atoms with Crippen LogP contribution < -0.4 is 10.6 Å². The number of piperazine rings is 1. The van der Waals surface area contributed by atoms with E-state index in [9.17, 15) is 8.42 Å². The number of nitrogens with two attached hydrogens (primary N) is 1. The van der Waals surface area contributed by atoms with Crippen molar-refractivity contribution in [2.45, 2.75) is 31.2 Å². The zero-order valence-corrected chi connectivity index (χ0v) is 13.8. The fourth-order valence-corrected chi connectivity index (χ4v) is 5.18. The Hall–Kier alpha value is -0.860. The van der Waals surface area contributed by atoms with E-state index in [-0.39, 0.29) is 16.5 Å². The van der Waals surface area contributed by atoms with E-state index in [4.69, 9.17) is 5.73 Å². The minimum Gasteiger partial charge on any atom is -0.382 e. The molecule has 0 aliphatic carbocycles. The topological polar surface area (TPSA) is 79.5 Å². The van der Waals surface area contributed by atoms with Crippen molar-refractivity contribution in [1.29, 1.82) is 0 Å². The van der Waals surface area contributed by atoms with Crippen LogP contribution in [0.2, 0.25) is 0 Å². The molecule has 0 saturated carbocycles. The van der Waals surface area contributed by atoms with Gasteiger partial charge in [-0.15, -0.1) is 0 Å². The number of hydrogen-bond donors (Lipinski definition) is 1. The lowest BCUT2D eigenvalue weighted by Crippen LogP contribution is -2.50. The van der Waals surface area contributed by atoms with Gasteiger partial charge in [0, 0.05) is 25.7 Å². The molecule has 1 saturated heterocycles. The molecule has 2 rings (SSSR count). The van der Waals surface area contributed by atoms with Crippen LogP contribution in [0.3, 0.4) is 0 Å². The van der Waals surface area contributed by atoms with E-state index in [0.717, 1.165) is 19.6 Å². The Morgan fingerprint density at radius 2 is 2.15 bits per heavy atom. The predicted octanol–water partition coefficient (Wildman–Crippen LogP) is 1.05. The van der Waals surface area contributed by atoms with Crippen LogP contribution in [0.25, 0.3) is 0 Å². The highest BCUT2D eigenvalue weighted by Crippen LogP contribution is 2.36. The van der Waals surface area contributed by atoms with Gasteiger partial charge in [0.2, 0.25) is 0 Å². The molecule has 1 aliphatic heterocycles. The average Bonchev–Trinajstić information content (AvgIpc) is 2.75. The Kier molecular flexibility index (Phi) is 4.55. The van der Waals surface area contributed by atoms with Crippen molar-refractivity contribution in [2.24, 2.45) is 0 Å². The number of aromatic nitrogens is 1. The SMILES string of the molecule is CCCS(=O)(=O)c1c(N)nsc1N1CCN(C)C(C)C1. The zero-order chi connectivity index (χ0) is 14.9. The summed E-state index contributed by atoms with van der Waals surface area (Å²) in [6.45, 7) is 6.50. The van der Waals surface area contributed by atoms with Crippen molar-refractivity contribution in [2.75, 3.05) is 43.1 Å². The van der Waals surface area contributed by atoms with Gasteiger partial charge in [0.05, 0.1) is 5.75 Å². The van der Waals surface area contributed by atoms with Crippen LogP contribution in [0.4, 0.5) is 10.8 Å². The Morgan fingerprint density at radius 1 is 1.45 bits per heavy atom. The van der Waals surface area contributed by atoms with Crippen LogP contribution in [-0.4, -0.2) is 56.2 Å². The molecule has 1 aliphatic rings. The van der Waals surface area contributed by atoms with E-state index in [2.05, 4.69) is 28.1 Å². The Bertz CT molecular complexity index is 570. The molecule has 1 fully saturated rings. The van der Waals surface area contributed by atoms with Gasteiger partial charge in [-0.1, -0.05) is 6.92 Å². The maximum absolute atomic E-state index is 12.4. The van der Waals surface area contributed by atoms with E-state index in [0.29, 0.717) is 17.5 Å². The minimum absolute atomic E-state index is 0.117. The molecule has 1 unspecified atom stereocenters. The van der Waals surface area contributed by atoms with Crippen molar-refractivity contribution >= 4 is 32.2 Å². The molecule has 0 bridgehead atoms. The maximum atomic E-state index is 12.4. The molecule has 114 valence electrons. The van der Waals surface area contributed by atoms with Gasteiger partial charge in [0.1, 0.15) is 9.90 Å². The lowest BCUT2D eigenvalue weighted by Gasteiger charge is -2.38.